The number of thioether (sulfide) groups is 1. The third-order valence-corrected chi connectivity index (χ3v) is 3.90. The fraction of sp³-hybridized carbons (Fsp3) is 0.429. The predicted molar refractivity (Wildman–Crippen MR) is 90.5 cm³/mol. The molecule has 0 saturated carbocycles. The Morgan fingerprint density at radius 2 is 2.05 bits per heavy atom. The molecule has 0 saturated heterocycles. The summed E-state index contributed by atoms with van der Waals surface area (Å²) in [5, 5.41) is 5.46. The summed E-state index contributed by atoms with van der Waals surface area (Å²) in [6.45, 7) is 0.734. The van der Waals surface area contributed by atoms with Gasteiger partial charge in [-0.2, -0.15) is 11.8 Å². The van der Waals surface area contributed by atoms with Crippen molar-refractivity contribution in [1.82, 2.24) is 10.6 Å². The van der Waals surface area contributed by atoms with Crippen LogP contribution in [0.2, 0.25) is 0 Å². The zero-order chi connectivity index (χ0) is 15.7. The number of rotatable bonds is 8. The van der Waals surface area contributed by atoms with Crippen LogP contribution in [0.25, 0.3) is 0 Å². The number of halogens is 1. The van der Waals surface area contributed by atoms with Gasteiger partial charge in [0.05, 0.1) is 6.04 Å². The fourth-order valence-corrected chi connectivity index (χ4v) is 2.49. The highest BCUT2D eigenvalue weighted by Crippen LogP contribution is 2.11. The van der Waals surface area contributed by atoms with E-state index in [1.54, 1.807) is 30.0 Å². The van der Waals surface area contributed by atoms with E-state index < -0.39 is 6.04 Å². The van der Waals surface area contributed by atoms with E-state index in [0.29, 0.717) is 25.1 Å². The molecule has 0 aliphatic rings. The lowest BCUT2D eigenvalue weighted by atomic mass is 10.2. The van der Waals surface area contributed by atoms with Gasteiger partial charge in [-0.3, -0.25) is 9.59 Å². The number of benzene rings is 1. The average Bonchev–Trinajstić information content (AvgIpc) is 2.48. The summed E-state index contributed by atoms with van der Waals surface area (Å²) < 4.78 is 0.850. The van der Waals surface area contributed by atoms with Gasteiger partial charge in [-0.1, -0.05) is 22.0 Å². The summed E-state index contributed by atoms with van der Waals surface area (Å²) in [5.41, 5.74) is 6.31. The highest BCUT2D eigenvalue weighted by Gasteiger charge is 2.12. The lowest BCUT2D eigenvalue weighted by Gasteiger charge is -2.12. The second-order valence-electron chi connectivity index (χ2n) is 4.45. The van der Waals surface area contributed by atoms with Crippen molar-refractivity contribution in [2.45, 2.75) is 12.5 Å². The summed E-state index contributed by atoms with van der Waals surface area (Å²) in [6, 6.07) is 6.64. The van der Waals surface area contributed by atoms with Crippen LogP contribution >= 0.6 is 27.7 Å². The molecule has 0 aliphatic heterocycles. The maximum Gasteiger partial charge on any atom is 0.251 e. The summed E-state index contributed by atoms with van der Waals surface area (Å²) >= 11 is 4.97. The Hall–Kier alpha value is -1.05. The summed E-state index contributed by atoms with van der Waals surface area (Å²) in [7, 11) is 0. The quantitative estimate of drug-likeness (QED) is 0.601. The van der Waals surface area contributed by atoms with Crippen molar-refractivity contribution in [2.75, 3.05) is 25.1 Å². The van der Waals surface area contributed by atoms with E-state index in [1.165, 1.54) is 0 Å². The number of hydrogen-bond acceptors (Lipinski definition) is 4. The van der Waals surface area contributed by atoms with Gasteiger partial charge < -0.3 is 16.4 Å². The minimum Gasteiger partial charge on any atom is -0.353 e. The van der Waals surface area contributed by atoms with Crippen LogP contribution < -0.4 is 16.4 Å². The van der Waals surface area contributed by atoms with Crippen LogP contribution in [-0.2, 0) is 4.79 Å². The lowest BCUT2D eigenvalue weighted by molar-refractivity contribution is -0.122. The Morgan fingerprint density at radius 3 is 2.71 bits per heavy atom. The van der Waals surface area contributed by atoms with Gasteiger partial charge in [0.1, 0.15) is 0 Å². The molecule has 2 amide bonds. The van der Waals surface area contributed by atoms with Crippen molar-refractivity contribution in [3.05, 3.63) is 34.3 Å². The Bertz CT molecular complexity index is 485. The molecule has 0 heterocycles. The molecule has 0 aliphatic carbocycles. The number of amides is 2. The minimum absolute atomic E-state index is 0.169. The van der Waals surface area contributed by atoms with Crippen LogP contribution in [0.5, 0.6) is 0 Å². The largest absolute Gasteiger partial charge is 0.353 e. The van der Waals surface area contributed by atoms with E-state index in [1.807, 2.05) is 12.3 Å². The summed E-state index contributed by atoms with van der Waals surface area (Å²) in [5.74, 6) is 0.506. The molecule has 0 unspecified atom stereocenters. The van der Waals surface area contributed by atoms with Gasteiger partial charge in [-0.15, -0.1) is 0 Å². The topological polar surface area (TPSA) is 84.2 Å². The minimum atomic E-state index is -0.488. The van der Waals surface area contributed by atoms with Crippen LogP contribution in [0.15, 0.2) is 28.7 Å². The van der Waals surface area contributed by atoms with Gasteiger partial charge in [0.15, 0.2) is 0 Å². The van der Waals surface area contributed by atoms with Crippen molar-refractivity contribution < 1.29 is 9.59 Å². The van der Waals surface area contributed by atoms with Crippen molar-refractivity contribution in [1.29, 1.82) is 0 Å². The predicted octanol–water partition coefficient (Wildman–Crippen LogP) is 1.38. The maximum absolute atomic E-state index is 11.8. The first-order chi connectivity index (χ1) is 10.0. The molecular weight excluding hydrogens is 354 g/mol. The molecule has 0 bridgehead atoms. The average molecular weight is 374 g/mol. The molecule has 0 spiro atoms. The normalized spacial score (nSPS) is 11.8. The summed E-state index contributed by atoms with van der Waals surface area (Å²) in [4.78, 5) is 23.5. The fourth-order valence-electron chi connectivity index (χ4n) is 1.60. The van der Waals surface area contributed by atoms with Crippen LogP contribution in [-0.4, -0.2) is 43.0 Å². The third kappa shape index (κ3) is 6.97. The summed E-state index contributed by atoms with van der Waals surface area (Å²) in [6.07, 6.45) is 2.62. The molecule has 21 heavy (non-hydrogen) atoms. The van der Waals surface area contributed by atoms with Crippen molar-refractivity contribution >= 4 is 39.5 Å². The van der Waals surface area contributed by atoms with Gasteiger partial charge in [0.2, 0.25) is 5.91 Å². The molecular formula is C14H20BrN3O2S. The lowest BCUT2D eigenvalue weighted by Crippen LogP contribution is -2.43. The van der Waals surface area contributed by atoms with E-state index >= 15 is 0 Å². The molecule has 1 rings (SSSR count). The molecule has 0 radical (unpaired) electrons. The van der Waals surface area contributed by atoms with Gasteiger partial charge in [-0.25, -0.2) is 0 Å². The number of carbonyl (C=O) groups excluding carboxylic acids is 2. The van der Waals surface area contributed by atoms with E-state index in [9.17, 15) is 9.59 Å². The number of hydrogen-bond donors (Lipinski definition) is 3. The van der Waals surface area contributed by atoms with E-state index in [2.05, 4.69) is 26.6 Å². The molecule has 1 aromatic rings. The van der Waals surface area contributed by atoms with Gasteiger partial charge >= 0.3 is 0 Å². The first-order valence-electron chi connectivity index (χ1n) is 6.60. The standard InChI is InChI=1S/C14H20BrN3O2S/c1-21-8-5-12(16)14(20)18-7-6-17-13(19)10-3-2-4-11(15)9-10/h2-4,9,12H,5-8,16H2,1H3,(H,17,19)(H,18,20)/t12-/m0/s1. The number of nitrogens with one attached hydrogen (secondary N) is 2. The second-order valence-corrected chi connectivity index (χ2v) is 6.35. The zero-order valence-electron chi connectivity index (χ0n) is 11.9. The second kappa shape index (κ2) is 9.81. The number of carbonyl (C=O) groups is 2. The smallest absolute Gasteiger partial charge is 0.251 e. The third-order valence-electron chi connectivity index (χ3n) is 2.77. The molecule has 1 atom stereocenters. The molecule has 5 nitrogen and oxygen atoms in total. The van der Waals surface area contributed by atoms with E-state index in [4.69, 9.17) is 5.73 Å². The molecule has 0 aromatic heterocycles. The molecule has 4 N–H and O–H groups in total. The maximum atomic E-state index is 11.8. The van der Waals surface area contributed by atoms with Crippen LogP contribution in [0.1, 0.15) is 16.8 Å². The zero-order valence-corrected chi connectivity index (χ0v) is 14.3. The van der Waals surface area contributed by atoms with Crippen molar-refractivity contribution in [3.63, 3.8) is 0 Å². The van der Waals surface area contributed by atoms with Gasteiger partial charge in [0, 0.05) is 23.1 Å². The van der Waals surface area contributed by atoms with Crippen LogP contribution in [0.3, 0.4) is 0 Å². The highest BCUT2D eigenvalue weighted by molar-refractivity contribution is 9.10. The molecule has 116 valence electrons. The SMILES string of the molecule is CSCC[C@H](N)C(=O)NCCNC(=O)c1cccc(Br)c1. The monoisotopic (exact) mass is 373 g/mol. The first-order valence-corrected chi connectivity index (χ1v) is 8.79. The molecule has 1 aromatic carbocycles. The van der Waals surface area contributed by atoms with Crippen LogP contribution in [0, 0.1) is 0 Å². The van der Waals surface area contributed by atoms with Gasteiger partial charge in [-0.05, 0) is 36.6 Å². The van der Waals surface area contributed by atoms with E-state index in [0.717, 1.165) is 10.2 Å². The molecule has 0 fully saturated rings. The van der Waals surface area contributed by atoms with Crippen LogP contribution in [0.4, 0.5) is 0 Å². The van der Waals surface area contributed by atoms with Crippen molar-refractivity contribution in [3.8, 4) is 0 Å². The number of nitrogens with two attached hydrogens (primary N) is 1. The molecule has 7 heteroatoms. The first kappa shape index (κ1) is 18.0. The van der Waals surface area contributed by atoms with Crippen molar-refractivity contribution in [2.24, 2.45) is 5.73 Å². The highest BCUT2D eigenvalue weighted by atomic mass is 79.9. The van der Waals surface area contributed by atoms with E-state index in [-0.39, 0.29) is 11.8 Å². The Morgan fingerprint density at radius 1 is 1.33 bits per heavy atom. The van der Waals surface area contributed by atoms with Gasteiger partial charge in [0.25, 0.3) is 5.91 Å². The Balaban J connectivity index is 2.25. The Labute approximate surface area is 137 Å². The Kier molecular flexibility index (Phi) is 8.41.